The van der Waals surface area contributed by atoms with Crippen molar-refractivity contribution in [1.82, 2.24) is 5.32 Å². The normalized spacial score (nSPS) is 20.6. The minimum absolute atomic E-state index is 0.689. The molecule has 1 aliphatic heterocycles. The number of hydrogen-bond acceptors (Lipinski definition) is 2. The van der Waals surface area contributed by atoms with Gasteiger partial charge in [0.2, 0.25) is 0 Å². The fourth-order valence-corrected chi connectivity index (χ4v) is 3.86. The Bertz CT molecular complexity index is 327. The highest BCUT2D eigenvalue weighted by atomic mass is 79.9. The van der Waals surface area contributed by atoms with Crippen LogP contribution in [0, 0.1) is 0 Å². The third-order valence-electron chi connectivity index (χ3n) is 2.60. The van der Waals surface area contributed by atoms with E-state index in [1.165, 1.54) is 27.1 Å². The summed E-state index contributed by atoms with van der Waals surface area (Å²) in [7, 11) is 2.03. The number of fused-ring (bicyclic) bond motifs is 1. The summed E-state index contributed by atoms with van der Waals surface area (Å²) >= 11 is 5.59. The molecular weight excluding hydrogens is 258 g/mol. The summed E-state index contributed by atoms with van der Waals surface area (Å²) in [5.74, 6) is 1.93. The largest absolute Gasteiger partial charge is 0.319 e. The molecule has 0 spiro atoms. The number of halogens is 1. The molecular formula is C11H14BrNS. The molecule has 0 radical (unpaired) electrons. The average Bonchev–Trinajstić information content (AvgIpc) is 2.20. The predicted molar refractivity (Wildman–Crippen MR) is 66.2 cm³/mol. The molecule has 1 aliphatic rings. The minimum atomic E-state index is 0.689. The van der Waals surface area contributed by atoms with Gasteiger partial charge in [0.05, 0.1) is 0 Å². The van der Waals surface area contributed by atoms with Crippen LogP contribution in [0.3, 0.4) is 0 Å². The van der Waals surface area contributed by atoms with E-state index in [9.17, 15) is 0 Å². The van der Waals surface area contributed by atoms with Crippen LogP contribution in [-0.4, -0.2) is 19.3 Å². The summed E-state index contributed by atoms with van der Waals surface area (Å²) in [6.07, 6.45) is 1.29. The van der Waals surface area contributed by atoms with Crippen LogP contribution in [0.1, 0.15) is 17.9 Å². The van der Waals surface area contributed by atoms with Crippen molar-refractivity contribution in [1.29, 1.82) is 0 Å². The Morgan fingerprint density at radius 3 is 3.21 bits per heavy atom. The second-order valence-electron chi connectivity index (χ2n) is 3.55. The van der Waals surface area contributed by atoms with E-state index < -0.39 is 0 Å². The van der Waals surface area contributed by atoms with Crippen molar-refractivity contribution in [2.24, 2.45) is 0 Å². The lowest BCUT2D eigenvalue weighted by Crippen LogP contribution is -2.20. The molecule has 2 rings (SSSR count). The molecule has 3 heteroatoms. The molecule has 0 bridgehead atoms. The number of nitrogens with one attached hydrogen (secondary N) is 1. The SMILES string of the molecule is CNCC1CCSc2c(Br)cccc21. The van der Waals surface area contributed by atoms with Crippen LogP contribution in [0.4, 0.5) is 0 Å². The molecule has 0 amide bonds. The van der Waals surface area contributed by atoms with Gasteiger partial charge in [-0.3, -0.25) is 0 Å². The van der Waals surface area contributed by atoms with E-state index in [4.69, 9.17) is 0 Å². The molecule has 1 aromatic rings. The molecule has 1 atom stereocenters. The topological polar surface area (TPSA) is 12.0 Å². The van der Waals surface area contributed by atoms with Crippen molar-refractivity contribution in [3.63, 3.8) is 0 Å². The van der Waals surface area contributed by atoms with Crippen molar-refractivity contribution in [3.05, 3.63) is 28.2 Å². The molecule has 0 aromatic heterocycles. The zero-order chi connectivity index (χ0) is 9.97. The smallest absolute Gasteiger partial charge is 0.0314 e. The van der Waals surface area contributed by atoms with Gasteiger partial charge in [-0.1, -0.05) is 12.1 Å². The van der Waals surface area contributed by atoms with Gasteiger partial charge in [0.15, 0.2) is 0 Å². The van der Waals surface area contributed by atoms with Crippen LogP contribution < -0.4 is 5.32 Å². The fourth-order valence-electron chi connectivity index (χ4n) is 1.92. The molecule has 1 N–H and O–H groups in total. The standard InChI is InChI=1S/C11H14BrNS/c1-13-7-8-5-6-14-11-9(8)3-2-4-10(11)12/h2-4,8,13H,5-7H2,1H3. The van der Waals surface area contributed by atoms with Crippen LogP contribution in [0.25, 0.3) is 0 Å². The van der Waals surface area contributed by atoms with Crippen molar-refractivity contribution in [2.75, 3.05) is 19.3 Å². The first-order valence-electron chi connectivity index (χ1n) is 4.88. The first-order chi connectivity index (χ1) is 6.83. The minimum Gasteiger partial charge on any atom is -0.319 e. The lowest BCUT2D eigenvalue weighted by Gasteiger charge is -2.25. The van der Waals surface area contributed by atoms with E-state index in [-0.39, 0.29) is 0 Å². The van der Waals surface area contributed by atoms with E-state index in [2.05, 4.69) is 39.4 Å². The molecule has 1 aromatic carbocycles. The summed E-state index contributed by atoms with van der Waals surface area (Å²) in [5, 5.41) is 3.27. The number of thioether (sulfide) groups is 1. The van der Waals surface area contributed by atoms with E-state index in [1.807, 2.05) is 18.8 Å². The van der Waals surface area contributed by atoms with E-state index >= 15 is 0 Å². The van der Waals surface area contributed by atoms with Gasteiger partial charge < -0.3 is 5.32 Å². The molecule has 76 valence electrons. The summed E-state index contributed by atoms with van der Waals surface area (Å²) < 4.78 is 1.25. The number of rotatable bonds is 2. The molecule has 0 saturated heterocycles. The zero-order valence-electron chi connectivity index (χ0n) is 8.22. The third kappa shape index (κ3) is 2.00. The zero-order valence-corrected chi connectivity index (χ0v) is 10.6. The Balaban J connectivity index is 2.34. The molecule has 14 heavy (non-hydrogen) atoms. The molecule has 1 nitrogen and oxygen atoms in total. The molecule has 1 heterocycles. The highest BCUT2D eigenvalue weighted by Gasteiger charge is 2.21. The van der Waals surface area contributed by atoms with Gasteiger partial charge in [-0.25, -0.2) is 0 Å². The summed E-state index contributed by atoms with van der Waals surface area (Å²) in [5.41, 5.74) is 1.50. The van der Waals surface area contributed by atoms with E-state index in [0.29, 0.717) is 5.92 Å². The van der Waals surface area contributed by atoms with Gasteiger partial charge in [0, 0.05) is 15.9 Å². The molecule has 1 unspecified atom stereocenters. The van der Waals surface area contributed by atoms with Crippen LogP contribution in [0.15, 0.2) is 27.6 Å². The van der Waals surface area contributed by atoms with Gasteiger partial charge in [0.1, 0.15) is 0 Å². The average molecular weight is 272 g/mol. The quantitative estimate of drug-likeness (QED) is 0.887. The van der Waals surface area contributed by atoms with Crippen LogP contribution in [0.5, 0.6) is 0 Å². The number of hydrogen-bond donors (Lipinski definition) is 1. The van der Waals surface area contributed by atoms with Gasteiger partial charge in [-0.15, -0.1) is 11.8 Å². The Kier molecular flexibility index (Phi) is 3.52. The Morgan fingerprint density at radius 2 is 2.43 bits per heavy atom. The first-order valence-corrected chi connectivity index (χ1v) is 6.66. The highest BCUT2D eigenvalue weighted by molar-refractivity contribution is 9.10. The van der Waals surface area contributed by atoms with Crippen molar-refractivity contribution < 1.29 is 0 Å². The van der Waals surface area contributed by atoms with Crippen molar-refractivity contribution >= 4 is 27.7 Å². The lowest BCUT2D eigenvalue weighted by atomic mass is 9.96. The van der Waals surface area contributed by atoms with Gasteiger partial charge in [-0.05, 0) is 52.7 Å². The summed E-state index contributed by atoms with van der Waals surface area (Å²) in [4.78, 5) is 1.44. The Labute approximate surface area is 97.8 Å². The van der Waals surface area contributed by atoms with E-state index in [1.54, 1.807) is 0 Å². The van der Waals surface area contributed by atoms with Crippen LogP contribution in [0.2, 0.25) is 0 Å². The van der Waals surface area contributed by atoms with Gasteiger partial charge >= 0.3 is 0 Å². The van der Waals surface area contributed by atoms with Gasteiger partial charge in [0.25, 0.3) is 0 Å². The van der Waals surface area contributed by atoms with Crippen molar-refractivity contribution in [3.8, 4) is 0 Å². The monoisotopic (exact) mass is 271 g/mol. The fraction of sp³-hybridized carbons (Fsp3) is 0.455. The first kappa shape index (κ1) is 10.5. The lowest BCUT2D eigenvalue weighted by molar-refractivity contribution is 0.599. The Hall–Kier alpha value is 0.0100. The van der Waals surface area contributed by atoms with Gasteiger partial charge in [-0.2, -0.15) is 0 Å². The highest BCUT2D eigenvalue weighted by Crippen LogP contribution is 2.41. The summed E-state index contributed by atoms with van der Waals surface area (Å²) in [6, 6.07) is 6.53. The molecule has 0 aliphatic carbocycles. The predicted octanol–water partition coefficient (Wildman–Crippen LogP) is 3.25. The van der Waals surface area contributed by atoms with Crippen LogP contribution in [-0.2, 0) is 0 Å². The summed E-state index contributed by atoms with van der Waals surface area (Å²) in [6.45, 7) is 1.09. The number of benzene rings is 1. The second-order valence-corrected chi connectivity index (χ2v) is 5.51. The molecule has 0 fully saturated rings. The Morgan fingerprint density at radius 1 is 1.57 bits per heavy atom. The maximum Gasteiger partial charge on any atom is 0.0314 e. The molecule has 0 saturated carbocycles. The number of likely N-dealkylation sites (N-methyl/N-ethyl adjacent to an activating group) is 1. The van der Waals surface area contributed by atoms with Crippen molar-refractivity contribution in [2.45, 2.75) is 17.2 Å². The van der Waals surface area contributed by atoms with Crippen LogP contribution >= 0.6 is 27.7 Å². The maximum atomic E-state index is 3.62. The third-order valence-corrected chi connectivity index (χ3v) is 4.71. The van der Waals surface area contributed by atoms with E-state index in [0.717, 1.165) is 6.54 Å². The second kappa shape index (κ2) is 4.69. The maximum absolute atomic E-state index is 3.62.